The van der Waals surface area contributed by atoms with E-state index in [1.807, 2.05) is 17.7 Å². The van der Waals surface area contributed by atoms with Gasteiger partial charge in [-0.15, -0.1) is 11.3 Å². The van der Waals surface area contributed by atoms with E-state index in [0.29, 0.717) is 37.4 Å². The lowest BCUT2D eigenvalue weighted by Gasteiger charge is -2.16. The summed E-state index contributed by atoms with van der Waals surface area (Å²) in [5.74, 6) is -0.236. The number of aromatic nitrogens is 3. The number of sulfonamides is 1. The SMILES string of the molecule is Cc1nc(C(=O)NCc2cc3n(n2)CCCN(S(C)(=O)=O)C3)cs1. The molecule has 1 aliphatic heterocycles. The van der Waals surface area contributed by atoms with Gasteiger partial charge in [0.1, 0.15) is 5.69 Å². The molecule has 130 valence electrons. The van der Waals surface area contributed by atoms with Gasteiger partial charge < -0.3 is 5.32 Å². The van der Waals surface area contributed by atoms with Crippen LogP contribution in [0.25, 0.3) is 0 Å². The number of nitrogens with zero attached hydrogens (tertiary/aromatic N) is 4. The summed E-state index contributed by atoms with van der Waals surface area (Å²) in [5.41, 5.74) is 1.95. The van der Waals surface area contributed by atoms with Crippen molar-refractivity contribution in [2.45, 2.75) is 33.0 Å². The van der Waals surface area contributed by atoms with E-state index in [1.54, 1.807) is 5.38 Å². The Hall–Kier alpha value is -1.78. The van der Waals surface area contributed by atoms with E-state index in [4.69, 9.17) is 0 Å². The molecular weight excluding hydrogens is 350 g/mol. The molecule has 1 N–H and O–H groups in total. The van der Waals surface area contributed by atoms with Gasteiger partial charge in [0.05, 0.1) is 35.7 Å². The highest BCUT2D eigenvalue weighted by molar-refractivity contribution is 7.88. The number of amides is 1. The fourth-order valence-electron chi connectivity index (χ4n) is 2.59. The highest BCUT2D eigenvalue weighted by atomic mass is 32.2. The molecule has 0 radical (unpaired) electrons. The van der Waals surface area contributed by atoms with Crippen molar-refractivity contribution in [3.63, 3.8) is 0 Å². The van der Waals surface area contributed by atoms with Gasteiger partial charge in [-0.25, -0.2) is 13.4 Å². The molecular formula is C14H19N5O3S2. The van der Waals surface area contributed by atoms with Crippen LogP contribution in [0.15, 0.2) is 11.4 Å². The monoisotopic (exact) mass is 369 g/mol. The van der Waals surface area contributed by atoms with Crippen LogP contribution < -0.4 is 5.32 Å². The molecule has 3 heterocycles. The molecule has 0 fully saturated rings. The Morgan fingerprint density at radius 1 is 1.42 bits per heavy atom. The van der Waals surface area contributed by atoms with Crippen LogP contribution >= 0.6 is 11.3 Å². The zero-order valence-corrected chi connectivity index (χ0v) is 15.2. The quantitative estimate of drug-likeness (QED) is 0.857. The average Bonchev–Trinajstić information content (AvgIpc) is 3.04. The molecule has 0 aliphatic carbocycles. The van der Waals surface area contributed by atoms with Crippen LogP contribution in [0.2, 0.25) is 0 Å². The number of hydrogen-bond donors (Lipinski definition) is 1. The predicted molar refractivity (Wildman–Crippen MR) is 90.1 cm³/mol. The summed E-state index contributed by atoms with van der Waals surface area (Å²) < 4.78 is 26.8. The second-order valence-electron chi connectivity index (χ2n) is 5.73. The van der Waals surface area contributed by atoms with Crippen LogP contribution in [-0.4, -0.2) is 46.2 Å². The standard InChI is InChI=1S/C14H19N5O3S2/c1-10-16-13(9-23-10)14(20)15-7-11-6-12-8-18(24(2,21)22)4-3-5-19(12)17-11/h6,9H,3-5,7-8H2,1-2H3,(H,15,20). The maximum absolute atomic E-state index is 12.0. The zero-order chi connectivity index (χ0) is 17.3. The first-order valence-corrected chi connectivity index (χ1v) is 10.3. The molecule has 0 bridgehead atoms. The second-order valence-corrected chi connectivity index (χ2v) is 8.78. The van der Waals surface area contributed by atoms with E-state index >= 15 is 0 Å². The largest absolute Gasteiger partial charge is 0.345 e. The molecule has 0 saturated heterocycles. The van der Waals surface area contributed by atoms with Gasteiger partial charge in [0.25, 0.3) is 5.91 Å². The van der Waals surface area contributed by atoms with Gasteiger partial charge in [0.2, 0.25) is 10.0 Å². The third-order valence-corrected chi connectivity index (χ3v) is 5.80. The van der Waals surface area contributed by atoms with Crippen molar-refractivity contribution in [2.75, 3.05) is 12.8 Å². The lowest BCUT2D eigenvalue weighted by molar-refractivity contribution is 0.0946. The minimum atomic E-state index is -3.23. The molecule has 0 atom stereocenters. The topological polar surface area (TPSA) is 97.2 Å². The van der Waals surface area contributed by atoms with Crippen LogP contribution in [0.1, 0.15) is 33.3 Å². The van der Waals surface area contributed by atoms with Gasteiger partial charge in [-0.2, -0.15) is 9.40 Å². The molecule has 2 aromatic rings. The highest BCUT2D eigenvalue weighted by Gasteiger charge is 2.22. The van der Waals surface area contributed by atoms with Crippen molar-refractivity contribution in [2.24, 2.45) is 0 Å². The normalized spacial score (nSPS) is 15.8. The number of carbonyl (C=O) groups is 1. The molecule has 1 amide bonds. The van der Waals surface area contributed by atoms with Gasteiger partial charge in [-0.3, -0.25) is 9.48 Å². The Kier molecular flexibility index (Phi) is 4.70. The van der Waals surface area contributed by atoms with Crippen molar-refractivity contribution in [1.29, 1.82) is 0 Å². The van der Waals surface area contributed by atoms with E-state index in [-0.39, 0.29) is 12.5 Å². The van der Waals surface area contributed by atoms with Crippen LogP contribution in [0.4, 0.5) is 0 Å². The fraction of sp³-hybridized carbons (Fsp3) is 0.500. The number of carbonyl (C=O) groups excluding carboxylic acids is 1. The highest BCUT2D eigenvalue weighted by Crippen LogP contribution is 2.16. The smallest absolute Gasteiger partial charge is 0.271 e. The predicted octanol–water partition coefficient (Wildman–Crippen LogP) is 0.743. The zero-order valence-electron chi connectivity index (χ0n) is 13.5. The molecule has 1 aliphatic rings. The Balaban J connectivity index is 1.68. The lowest BCUT2D eigenvalue weighted by atomic mass is 10.3. The van der Waals surface area contributed by atoms with Crippen LogP contribution in [0, 0.1) is 6.92 Å². The summed E-state index contributed by atoms with van der Waals surface area (Å²) >= 11 is 1.43. The van der Waals surface area contributed by atoms with Crippen molar-refractivity contribution >= 4 is 27.3 Å². The molecule has 10 heteroatoms. The van der Waals surface area contributed by atoms with Crippen molar-refractivity contribution in [1.82, 2.24) is 24.4 Å². The maximum atomic E-state index is 12.0. The summed E-state index contributed by atoms with van der Waals surface area (Å²) in [5, 5.41) is 9.81. The number of aryl methyl sites for hydroxylation is 2. The molecule has 0 aromatic carbocycles. The third-order valence-electron chi connectivity index (χ3n) is 3.78. The summed E-state index contributed by atoms with van der Waals surface area (Å²) in [6.45, 7) is 3.61. The molecule has 0 saturated carbocycles. The number of hydrogen-bond acceptors (Lipinski definition) is 6. The van der Waals surface area contributed by atoms with E-state index in [9.17, 15) is 13.2 Å². The maximum Gasteiger partial charge on any atom is 0.271 e. The third kappa shape index (κ3) is 3.82. The van der Waals surface area contributed by atoms with Gasteiger partial charge >= 0.3 is 0 Å². The van der Waals surface area contributed by atoms with E-state index < -0.39 is 10.0 Å². The first-order chi connectivity index (χ1) is 11.3. The Morgan fingerprint density at radius 3 is 2.88 bits per heavy atom. The Labute approximate surface area is 144 Å². The van der Waals surface area contributed by atoms with Crippen LogP contribution in [-0.2, 0) is 29.7 Å². The molecule has 0 spiro atoms. The molecule has 3 rings (SSSR count). The van der Waals surface area contributed by atoms with E-state index in [0.717, 1.165) is 10.7 Å². The Bertz CT molecular complexity index is 856. The van der Waals surface area contributed by atoms with Gasteiger partial charge in [-0.1, -0.05) is 0 Å². The number of nitrogens with one attached hydrogen (secondary N) is 1. The lowest BCUT2D eigenvalue weighted by Crippen LogP contribution is -2.29. The average molecular weight is 369 g/mol. The second kappa shape index (κ2) is 6.61. The Morgan fingerprint density at radius 2 is 2.21 bits per heavy atom. The summed E-state index contributed by atoms with van der Waals surface area (Å²) in [4.78, 5) is 16.2. The molecule has 2 aromatic heterocycles. The van der Waals surface area contributed by atoms with Gasteiger partial charge in [0, 0.05) is 18.5 Å². The van der Waals surface area contributed by atoms with Crippen LogP contribution in [0.5, 0.6) is 0 Å². The van der Waals surface area contributed by atoms with Crippen molar-refractivity contribution in [3.05, 3.63) is 33.5 Å². The van der Waals surface area contributed by atoms with E-state index in [1.165, 1.54) is 21.9 Å². The minimum Gasteiger partial charge on any atom is -0.345 e. The molecule has 8 nitrogen and oxygen atoms in total. The summed E-state index contributed by atoms with van der Waals surface area (Å²) in [6.07, 6.45) is 1.93. The summed E-state index contributed by atoms with van der Waals surface area (Å²) in [7, 11) is -3.23. The minimum absolute atomic E-state index is 0.236. The molecule has 0 unspecified atom stereocenters. The van der Waals surface area contributed by atoms with Crippen molar-refractivity contribution in [3.8, 4) is 0 Å². The van der Waals surface area contributed by atoms with Crippen LogP contribution in [0.3, 0.4) is 0 Å². The van der Waals surface area contributed by atoms with E-state index in [2.05, 4.69) is 15.4 Å². The number of fused-ring (bicyclic) bond motifs is 1. The number of rotatable bonds is 4. The van der Waals surface area contributed by atoms with Gasteiger partial charge in [-0.05, 0) is 19.4 Å². The molecule has 24 heavy (non-hydrogen) atoms. The van der Waals surface area contributed by atoms with Gasteiger partial charge in [0.15, 0.2) is 0 Å². The fourth-order valence-corrected chi connectivity index (χ4v) is 4.01. The first kappa shape index (κ1) is 17.1. The van der Waals surface area contributed by atoms with Crippen molar-refractivity contribution < 1.29 is 13.2 Å². The first-order valence-electron chi connectivity index (χ1n) is 7.54. The number of thiazole rings is 1. The summed E-state index contributed by atoms with van der Waals surface area (Å²) in [6, 6.07) is 1.84.